The number of hydrogen-bond acceptors (Lipinski definition) is 3. The van der Waals surface area contributed by atoms with Crippen molar-refractivity contribution >= 4 is 15.7 Å². The Morgan fingerprint density at radius 3 is 2.22 bits per heavy atom. The van der Waals surface area contributed by atoms with E-state index in [0.717, 1.165) is 5.56 Å². The summed E-state index contributed by atoms with van der Waals surface area (Å²) in [6.45, 7) is 6.68. The van der Waals surface area contributed by atoms with Crippen molar-refractivity contribution in [1.29, 1.82) is 0 Å². The van der Waals surface area contributed by atoms with Gasteiger partial charge in [-0.3, -0.25) is 0 Å². The quantitative estimate of drug-likeness (QED) is 0.776. The molecule has 0 saturated heterocycles. The Morgan fingerprint density at radius 1 is 1.17 bits per heavy atom. The van der Waals surface area contributed by atoms with Crippen LogP contribution in [0, 0.1) is 11.8 Å². The second kappa shape index (κ2) is 6.20. The zero-order valence-corrected chi connectivity index (χ0v) is 12.0. The highest BCUT2D eigenvalue weighted by molar-refractivity contribution is 7.88. The number of benzene rings is 1. The minimum absolute atomic E-state index is 0.00189. The minimum Gasteiger partial charge on any atom is -0.399 e. The number of nitrogen functional groups attached to an aromatic ring is 1. The molecule has 3 N–H and O–H groups in total. The highest BCUT2D eigenvalue weighted by Gasteiger charge is 2.14. The number of sulfonamides is 1. The molecule has 1 aromatic rings. The summed E-state index contributed by atoms with van der Waals surface area (Å²) in [5.41, 5.74) is 6.94. The summed E-state index contributed by atoms with van der Waals surface area (Å²) < 4.78 is 26.4. The number of nitrogens with one attached hydrogen (secondary N) is 1. The van der Waals surface area contributed by atoms with E-state index in [2.05, 4.69) is 18.6 Å². The maximum atomic E-state index is 11.9. The molecule has 1 atom stereocenters. The molecule has 1 rings (SSSR count). The summed E-state index contributed by atoms with van der Waals surface area (Å²) in [7, 11) is -3.27. The molecule has 1 unspecified atom stereocenters. The summed E-state index contributed by atoms with van der Waals surface area (Å²) in [6.07, 6.45) is 0. The molecule has 0 amide bonds. The van der Waals surface area contributed by atoms with E-state index in [-0.39, 0.29) is 5.75 Å². The third kappa shape index (κ3) is 5.06. The summed E-state index contributed by atoms with van der Waals surface area (Å²) in [6, 6.07) is 6.89. The molecule has 0 fully saturated rings. The average Bonchev–Trinajstić information content (AvgIpc) is 2.29. The van der Waals surface area contributed by atoms with Crippen molar-refractivity contribution in [3.8, 4) is 0 Å². The fourth-order valence-corrected chi connectivity index (χ4v) is 2.63. The van der Waals surface area contributed by atoms with Crippen molar-refractivity contribution in [3.63, 3.8) is 0 Å². The number of rotatable bonds is 6. The Balaban J connectivity index is 2.57. The third-order valence-electron chi connectivity index (χ3n) is 3.10. The van der Waals surface area contributed by atoms with Crippen LogP contribution in [0.3, 0.4) is 0 Å². The zero-order chi connectivity index (χ0) is 13.8. The number of anilines is 1. The second-order valence-electron chi connectivity index (χ2n) is 5.07. The normalized spacial score (nSPS) is 13.8. The van der Waals surface area contributed by atoms with Crippen LogP contribution < -0.4 is 10.5 Å². The van der Waals surface area contributed by atoms with Crippen molar-refractivity contribution in [3.05, 3.63) is 29.8 Å². The Morgan fingerprint density at radius 2 is 1.72 bits per heavy atom. The van der Waals surface area contributed by atoms with Crippen LogP contribution in [-0.2, 0) is 15.8 Å². The smallest absolute Gasteiger partial charge is 0.215 e. The van der Waals surface area contributed by atoms with E-state index in [1.165, 1.54) is 0 Å². The molecule has 0 radical (unpaired) electrons. The number of nitrogens with two attached hydrogens (primary N) is 1. The predicted octanol–water partition coefficient (Wildman–Crippen LogP) is 1.98. The molecule has 1 aromatic carbocycles. The van der Waals surface area contributed by atoms with Crippen molar-refractivity contribution < 1.29 is 8.42 Å². The van der Waals surface area contributed by atoms with Crippen LogP contribution in [0.25, 0.3) is 0 Å². The van der Waals surface area contributed by atoms with Gasteiger partial charge in [0.15, 0.2) is 0 Å². The first-order valence-corrected chi connectivity index (χ1v) is 7.77. The maximum absolute atomic E-state index is 11.9. The van der Waals surface area contributed by atoms with E-state index in [1.807, 2.05) is 6.92 Å². The van der Waals surface area contributed by atoms with E-state index in [1.54, 1.807) is 24.3 Å². The SMILES string of the molecule is CC(C)C(C)CNS(=O)(=O)Cc1ccc(N)cc1. The van der Waals surface area contributed by atoms with E-state index in [9.17, 15) is 8.42 Å². The first kappa shape index (κ1) is 15.0. The third-order valence-corrected chi connectivity index (χ3v) is 4.42. The Bertz CT molecular complexity index is 466. The Kier molecular flexibility index (Phi) is 5.16. The molecule has 4 nitrogen and oxygen atoms in total. The minimum atomic E-state index is -3.27. The van der Waals surface area contributed by atoms with Crippen LogP contribution in [0.2, 0.25) is 0 Å². The van der Waals surface area contributed by atoms with Gasteiger partial charge < -0.3 is 5.73 Å². The van der Waals surface area contributed by atoms with E-state index >= 15 is 0 Å². The fourth-order valence-electron chi connectivity index (χ4n) is 1.38. The van der Waals surface area contributed by atoms with Gasteiger partial charge in [-0.2, -0.15) is 0 Å². The van der Waals surface area contributed by atoms with E-state index in [0.29, 0.717) is 24.1 Å². The van der Waals surface area contributed by atoms with Crippen molar-refractivity contribution in [2.75, 3.05) is 12.3 Å². The molecular weight excluding hydrogens is 248 g/mol. The van der Waals surface area contributed by atoms with Crippen LogP contribution in [0.4, 0.5) is 5.69 Å². The highest BCUT2D eigenvalue weighted by Crippen LogP contribution is 2.11. The molecule has 18 heavy (non-hydrogen) atoms. The molecule has 0 aliphatic heterocycles. The van der Waals surface area contributed by atoms with Gasteiger partial charge >= 0.3 is 0 Å². The maximum Gasteiger partial charge on any atom is 0.215 e. The topological polar surface area (TPSA) is 72.2 Å². The van der Waals surface area contributed by atoms with Crippen LogP contribution in [0.5, 0.6) is 0 Å². The fraction of sp³-hybridized carbons (Fsp3) is 0.538. The highest BCUT2D eigenvalue weighted by atomic mass is 32.2. The van der Waals surface area contributed by atoms with Crippen molar-refractivity contribution in [2.24, 2.45) is 11.8 Å². The standard InChI is InChI=1S/C13H22N2O2S/c1-10(2)11(3)8-15-18(16,17)9-12-4-6-13(14)7-5-12/h4-7,10-11,15H,8-9,14H2,1-3H3. The summed E-state index contributed by atoms with van der Waals surface area (Å²) in [5, 5.41) is 0. The van der Waals surface area contributed by atoms with E-state index in [4.69, 9.17) is 5.73 Å². The second-order valence-corrected chi connectivity index (χ2v) is 6.88. The van der Waals surface area contributed by atoms with Crippen LogP contribution in [0.15, 0.2) is 24.3 Å². The number of hydrogen-bond donors (Lipinski definition) is 2. The van der Waals surface area contributed by atoms with Gasteiger partial charge in [-0.15, -0.1) is 0 Å². The first-order chi connectivity index (χ1) is 8.30. The molecule has 0 saturated carbocycles. The molecule has 5 heteroatoms. The molecule has 0 aliphatic rings. The summed E-state index contributed by atoms with van der Waals surface area (Å²) in [5.74, 6) is 0.786. The summed E-state index contributed by atoms with van der Waals surface area (Å²) >= 11 is 0. The van der Waals surface area contributed by atoms with Gasteiger partial charge in [-0.1, -0.05) is 32.9 Å². The average molecular weight is 270 g/mol. The van der Waals surface area contributed by atoms with Gasteiger partial charge in [-0.25, -0.2) is 13.1 Å². The van der Waals surface area contributed by atoms with Crippen LogP contribution in [0.1, 0.15) is 26.3 Å². The lowest BCUT2D eigenvalue weighted by Crippen LogP contribution is -2.31. The van der Waals surface area contributed by atoms with Crippen LogP contribution in [-0.4, -0.2) is 15.0 Å². The van der Waals surface area contributed by atoms with E-state index < -0.39 is 10.0 Å². The Labute approximate surface area is 110 Å². The van der Waals surface area contributed by atoms with Gasteiger partial charge in [-0.05, 0) is 29.5 Å². The molecule has 102 valence electrons. The van der Waals surface area contributed by atoms with Gasteiger partial charge in [0.1, 0.15) is 0 Å². The lowest BCUT2D eigenvalue weighted by Gasteiger charge is -2.16. The first-order valence-electron chi connectivity index (χ1n) is 6.12. The molecule has 0 aliphatic carbocycles. The molecule has 0 aromatic heterocycles. The Hall–Kier alpha value is -1.07. The van der Waals surface area contributed by atoms with Crippen LogP contribution >= 0.6 is 0 Å². The summed E-state index contributed by atoms with van der Waals surface area (Å²) in [4.78, 5) is 0. The lowest BCUT2D eigenvalue weighted by molar-refractivity contribution is 0.414. The largest absolute Gasteiger partial charge is 0.399 e. The molecule has 0 heterocycles. The lowest BCUT2D eigenvalue weighted by atomic mass is 9.99. The van der Waals surface area contributed by atoms with Gasteiger partial charge in [0.25, 0.3) is 0 Å². The predicted molar refractivity (Wildman–Crippen MR) is 75.5 cm³/mol. The van der Waals surface area contributed by atoms with Crippen molar-refractivity contribution in [1.82, 2.24) is 4.72 Å². The monoisotopic (exact) mass is 270 g/mol. The van der Waals surface area contributed by atoms with Crippen molar-refractivity contribution in [2.45, 2.75) is 26.5 Å². The molecular formula is C13H22N2O2S. The van der Waals surface area contributed by atoms with Gasteiger partial charge in [0.05, 0.1) is 5.75 Å². The zero-order valence-electron chi connectivity index (χ0n) is 11.2. The molecule has 0 spiro atoms. The molecule has 0 bridgehead atoms. The van der Waals surface area contributed by atoms with Gasteiger partial charge in [0.2, 0.25) is 10.0 Å². The van der Waals surface area contributed by atoms with Gasteiger partial charge in [0, 0.05) is 12.2 Å².